The zero-order valence-electron chi connectivity index (χ0n) is 12.0. The normalized spacial score (nSPS) is 15.8. The van der Waals surface area contributed by atoms with Gasteiger partial charge in [-0.1, -0.05) is 17.7 Å². The van der Waals surface area contributed by atoms with Crippen molar-refractivity contribution < 1.29 is 4.79 Å². The second kappa shape index (κ2) is 7.87. The molecule has 0 aliphatic carbocycles. The Labute approximate surface area is 132 Å². The fourth-order valence-corrected chi connectivity index (χ4v) is 2.91. The molecule has 5 heteroatoms. The molecule has 1 N–H and O–H groups in total. The number of nitrogens with zero attached hydrogens (tertiary/aromatic N) is 1. The Balaban J connectivity index is 0.00000200. The molecule has 1 aliphatic heterocycles. The second-order valence-corrected chi connectivity index (χ2v) is 5.68. The van der Waals surface area contributed by atoms with Crippen LogP contribution in [-0.4, -0.2) is 37.5 Å². The van der Waals surface area contributed by atoms with Crippen molar-refractivity contribution in [3.05, 3.63) is 34.3 Å². The molecule has 0 atom stereocenters. The molecule has 0 bridgehead atoms. The number of hydrogen-bond donors (Lipinski definition) is 1. The number of halogens is 2. The molecule has 112 valence electrons. The minimum Gasteiger partial charge on any atom is -0.339 e. The summed E-state index contributed by atoms with van der Waals surface area (Å²) in [5.41, 5.74) is 1.70. The number of hydrogen-bond acceptors (Lipinski definition) is 2. The molecule has 1 heterocycles. The van der Waals surface area contributed by atoms with E-state index in [4.69, 9.17) is 11.6 Å². The Hall–Kier alpha value is -0.770. The van der Waals surface area contributed by atoms with Crippen LogP contribution in [0, 0.1) is 12.8 Å². The van der Waals surface area contributed by atoms with Crippen molar-refractivity contribution in [2.45, 2.75) is 19.8 Å². The lowest BCUT2D eigenvalue weighted by Gasteiger charge is -2.32. The van der Waals surface area contributed by atoms with E-state index in [1.54, 1.807) is 0 Å². The Morgan fingerprint density at radius 3 is 2.60 bits per heavy atom. The minimum absolute atomic E-state index is 0. The average Bonchev–Trinajstić information content (AvgIpc) is 2.39. The largest absolute Gasteiger partial charge is 0.339 e. The van der Waals surface area contributed by atoms with Crippen LogP contribution in [0.4, 0.5) is 0 Å². The van der Waals surface area contributed by atoms with Crippen LogP contribution in [0.1, 0.15) is 28.8 Å². The summed E-state index contributed by atoms with van der Waals surface area (Å²) in [7, 11) is 1.98. The first-order valence-electron chi connectivity index (χ1n) is 6.82. The summed E-state index contributed by atoms with van der Waals surface area (Å²) in [6, 6.07) is 5.62. The summed E-state index contributed by atoms with van der Waals surface area (Å²) in [5, 5.41) is 3.76. The molecule has 1 fully saturated rings. The van der Waals surface area contributed by atoms with E-state index in [0.717, 1.165) is 38.0 Å². The summed E-state index contributed by atoms with van der Waals surface area (Å²) < 4.78 is 0. The number of rotatable bonds is 3. The van der Waals surface area contributed by atoms with Gasteiger partial charge in [0.15, 0.2) is 0 Å². The molecule has 0 saturated carbocycles. The number of piperidine rings is 1. The lowest BCUT2D eigenvalue weighted by molar-refractivity contribution is 0.0691. The molecule has 20 heavy (non-hydrogen) atoms. The predicted molar refractivity (Wildman–Crippen MR) is 86.0 cm³/mol. The van der Waals surface area contributed by atoms with Crippen LogP contribution in [0.15, 0.2) is 18.2 Å². The molecule has 3 nitrogen and oxygen atoms in total. The molecule has 0 radical (unpaired) electrons. The van der Waals surface area contributed by atoms with Crippen LogP contribution in [0.3, 0.4) is 0 Å². The molecule has 1 aromatic rings. The summed E-state index contributed by atoms with van der Waals surface area (Å²) >= 11 is 6.16. The van der Waals surface area contributed by atoms with Crippen molar-refractivity contribution in [2.75, 3.05) is 26.7 Å². The van der Waals surface area contributed by atoms with Gasteiger partial charge in [-0.05, 0) is 57.0 Å². The van der Waals surface area contributed by atoms with Crippen molar-refractivity contribution in [1.29, 1.82) is 0 Å². The van der Waals surface area contributed by atoms with E-state index in [-0.39, 0.29) is 18.3 Å². The molecule has 0 unspecified atom stereocenters. The van der Waals surface area contributed by atoms with Gasteiger partial charge in [0.1, 0.15) is 0 Å². The standard InChI is InChI=1S/C15H21ClN2O.ClH/c1-11-3-4-13(14(16)9-11)15(19)18-7-5-12(6-8-18)10-17-2;/h3-4,9,12,17H,5-8,10H2,1-2H3;1H. The monoisotopic (exact) mass is 316 g/mol. The van der Waals surface area contributed by atoms with E-state index in [1.165, 1.54) is 0 Å². The summed E-state index contributed by atoms with van der Waals surface area (Å²) in [4.78, 5) is 14.3. The Bertz CT molecular complexity index is 457. The molecule has 1 aromatic carbocycles. The highest BCUT2D eigenvalue weighted by Gasteiger charge is 2.24. The van der Waals surface area contributed by atoms with Gasteiger partial charge >= 0.3 is 0 Å². The van der Waals surface area contributed by atoms with Gasteiger partial charge in [-0.3, -0.25) is 4.79 Å². The van der Waals surface area contributed by atoms with Gasteiger partial charge in [0.2, 0.25) is 0 Å². The number of carbonyl (C=O) groups is 1. The number of aryl methyl sites for hydroxylation is 1. The zero-order valence-corrected chi connectivity index (χ0v) is 13.6. The molecule has 0 spiro atoms. The van der Waals surface area contributed by atoms with Crippen molar-refractivity contribution in [3.63, 3.8) is 0 Å². The molecule has 2 rings (SSSR count). The molecule has 1 saturated heterocycles. The molecular formula is C15H22Cl2N2O. The third kappa shape index (κ3) is 4.11. The summed E-state index contributed by atoms with van der Waals surface area (Å²) in [6.45, 7) is 4.67. The molecule has 1 aliphatic rings. The average molecular weight is 317 g/mol. The maximum absolute atomic E-state index is 12.4. The Kier molecular flexibility index (Phi) is 6.80. The summed E-state index contributed by atoms with van der Waals surface area (Å²) in [6.07, 6.45) is 2.13. The number of amides is 1. The number of carbonyl (C=O) groups excluding carboxylic acids is 1. The smallest absolute Gasteiger partial charge is 0.255 e. The highest BCUT2D eigenvalue weighted by Crippen LogP contribution is 2.23. The highest BCUT2D eigenvalue weighted by molar-refractivity contribution is 6.33. The van der Waals surface area contributed by atoms with Gasteiger partial charge in [0, 0.05) is 13.1 Å². The SMILES string of the molecule is CNCC1CCN(C(=O)c2ccc(C)cc2Cl)CC1.Cl. The van der Waals surface area contributed by atoms with Gasteiger partial charge in [0.05, 0.1) is 10.6 Å². The van der Waals surface area contributed by atoms with Gasteiger partial charge in [-0.15, -0.1) is 12.4 Å². The van der Waals surface area contributed by atoms with E-state index in [2.05, 4.69) is 5.32 Å². The van der Waals surface area contributed by atoms with Crippen LogP contribution >= 0.6 is 24.0 Å². The third-order valence-electron chi connectivity index (χ3n) is 3.75. The Morgan fingerprint density at radius 2 is 2.05 bits per heavy atom. The maximum Gasteiger partial charge on any atom is 0.255 e. The third-order valence-corrected chi connectivity index (χ3v) is 4.06. The number of likely N-dealkylation sites (tertiary alicyclic amines) is 1. The molecule has 1 amide bonds. The van der Waals surface area contributed by atoms with E-state index in [9.17, 15) is 4.79 Å². The van der Waals surface area contributed by atoms with Crippen LogP contribution in [0.25, 0.3) is 0 Å². The minimum atomic E-state index is 0. The first-order valence-corrected chi connectivity index (χ1v) is 7.19. The van der Waals surface area contributed by atoms with Gasteiger partial charge in [-0.25, -0.2) is 0 Å². The highest BCUT2D eigenvalue weighted by atomic mass is 35.5. The van der Waals surface area contributed by atoms with Crippen molar-refractivity contribution in [3.8, 4) is 0 Å². The second-order valence-electron chi connectivity index (χ2n) is 5.28. The van der Waals surface area contributed by atoms with Crippen molar-refractivity contribution >= 4 is 29.9 Å². The van der Waals surface area contributed by atoms with E-state index in [0.29, 0.717) is 16.5 Å². The van der Waals surface area contributed by atoms with Crippen LogP contribution < -0.4 is 5.32 Å². The quantitative estimate of drug-likeness (QED) is 0.929. The maximum atomic E-state index is 12.4. The van der Waals surface area contributed by atoms with Crippen LogP contribution in [0.5, 0.6) is 0 Å². The summed E-state index contributed by atoms with van der Waals surface area (Å²) in [5.74, 6) is 0.746. The fourth-order valence-electron chi connectivity index (χ4n) is 2.59. The Morgan fingerprint density at radius 1 is 1.40 bits per heavy atom. The van der Waals surface area contributed by atoms with E-state index in [1.807, 2.05) is 37.1 Å². The van der Waals surface area contributed by atoms with E-state index < -0.39 is 0 Å². The topological polar surface area (TPSA) is 32.3 Å². The molecule has 0 aromatic heterocycles. The van der Waals surface area contributed by atoms with Gasteiger partial charge < -0.3 is 10.2 Å². The first kappa shape index (κ1) is 17.3. The van der Waals surface area contributed by atoms with Crippen molar-refractivity contribution in [2.24, 2.45) is 5.92 Å². The lowest BCUT2D eigenvalue weighted by atomic mass is 9.96. The fraction of sp³-hybridized carbons (Fsp3) is 0.533. The lowest BCUT2D eigenvalue weighted by Crippen LogP contribution is -2.40. The van der Waals surface area contributed by atoms with Gasteiger partial charge in [-0.2, -0.15) is 0 Å². The van der Waals surface area contributed by atoms with Crippen molar-refractivity contribution in [1.82, 2.24) is 10.2 Å². The van der Waals surface area contributed by atoms with Crippen LogP contribution in [-0.2, 0) is 0 Å². The van der Waals surface area contributed by atoms with E-state index >= 15 is 0 Å². The predicted octanol–water partition coefficient (Wildman–Crippen LogP) is 3.14. The van der Waals surface area contributed by atoms with Crippen LogP contribution in [0.2, 0.25) is 5.02 Å². The number of benzene rings is 1. The van der Waals surface area contributed by atoms with Gasteiger partial charge in [0.25, 0.3) is 5.91 Å². The zero-order chi connectivity index (χ0) is 13.8. The first-order chi connectivity index (χ1) is 9.11. The number of nitrogens with one attached hydrogen (secondary N) is 1. The molecular weight excluding hydrogens is 295 g/mol.